The lowest BCUT2D eigenvalue weighted by Gasteiger charge is -2.17. The van der Waals surface area contributed by atoms with Crippen LogP contribution in [0.1, 0.15) is 34.1 Å². The summed E-state index contributed by atoms with van der Waals surface area (Å²) in [6, 6.07) is 8.25. The van der Waals surface area contributed by atoms with Crippen LogP contribution in [-0.2, 0) is 6.54 Å². The summed E-state index contributed by atoms with van der Waals surface area (Å²) >= 11 is 1.63. The Morgan fingerprint density at radius 1 is 1.30 bits per heavy atom. The highest BCUT2D eigenvalue weighted by molar-refractivity contribution is 7.99. The van der Waals surface area contributed by atoms with Crippen LogP contribution in [-0.4, -0.2) is 26.0 Å². The van der Waals surface area contributed by atoms with Gasteiger partial charge in [-0.3, -0.25) is 0 Å². The van der Waals surface area contributed by atoms with Gasteiger partial charge in [0, 0.05) is 12.3 Å². The first-order valence-corrected chi connectivity index (χ1v) is 8.16. The summed E-state index contributed by atoms with van der Waals surface area (Å²) < 4.78 is 2.28. The van der Waals surface area contributed by atoms with Crippen LogP contribution in [0.5, 0.6) is 0 Å². The fraction of sp³-hybridized carbons (Fsp3) is 0.562. The molecule has 0 aliphatic heterocycles. The van der Waals surface area contributed by atoms with E-state index in [0.717, 1.165) is 23.6 Å². The van der Waals surface area contributed by atoms with Gasteiger partial charge in [-0.25, -0.2) is 4.98 Å². The number of benzene rings is 1. The molecule has 2 rings (SSSR count). The van der Waals surface area contributed by atoms with Crippen molar-refractivity contribution in [2.75, 3.05) is 5.75 Å². The third kappa shape index (κ3) is 4.00. The molecule has 2 aromatic rings. The Morgan fingerprint density at radius 3 is 2.65 bits per heavy atom. The van der Waals surface area contributed by atoms with E-state index in [-0.39, 0.29) is 0 Å². The number of aromatic nitrogens is 2. The third-order valence-electron chi connectivity index (χ3n) is 3.10. The average Bonchev–Trinajstić information content (AvgIpc) is 2.71. The van der Waals surface area contributed by atoms with Crippen LogP contribution in [0, 0.1) is 5.92 Å². The van der Waals surface area contributed by atoms with Crippen molar-refractivity contribution in [3.8, 4) is 0 Å². The van der Waals surface area contributed by atoms with Crippen molar-refractivity contribution in [3.63, 3.8) is 0 Å². The van der Waals surface area contributed by atoms with Crippen molar-refractivity contribution >= 4 is 22.8 Å². The van der Waals surface area contributed by atoms with E-state index in [1.165, 1.54) is 5.52 Å². The van der Waals surface area contributed by atoms with Crippen LogP contribution in [0.3, 0.4) is 0 Å². The maximum atomic E-state index is 9.90. The molecule has 0 aliphatic rings. The number of hydrogen-bond acceptors (Lipinski definition) is 3. The number of thioether (sulfide) groups is 1. The molecular formula is C16H24N2OS. The van der Waals surface area contributed by atoms with Crippen LogP contribution < -0.4 is 0 Å². The molecule has 0 bridgehead atoms. The van der Waals surface area contributed by atoms with Crippen molar-refractivity contribution < 1.29 is 5.11 Å². The minimum atomic E-state index is -0.675. The molecule has 3 nitrogen and oxygen atoms in total. The standard InChI is InChI=1S/C16H24N2OS/c1-12(2)9-10-18-14-8-6-5-7-13(14)17-15(18)20-11-16(3,4)19/h5-8,12,19H,9-11H2,1-4H3. The number of hydrogen-bond donors (Lipinski definition) is 1. The predicted molar refractivity (Wildman–Crippen MR) is 86.2 cm³/mol. The second-order valence-corrected chi connectivity index (χ2v) is 7.26. The van der Waals surface area contributed by atoms with Crippen LogP contribution in [0.4, 0.5) is 0 Å². The van der Waals surface area contributed by atoms with Crippen molar-refractivity contribution in [1.29, 1.82) is 0 Å². The summed E-state index contributed by atoms with van der Waals surface area (Å²) in [5.74, 6) is 1.32. The summed E-state index contributed by atoms with van der Waals surface area (Å²) in [4.78, 5) is 4.71. The topological polar surface area (TPSA) is 38.0 Å². The average molecular weight is 292 g/mol. The normalized spacial score (nSPS) is 12.5. The molecule has 1 heterocycles. The van der Waals surface area contributed by atoms with Gasteiger partial charge in [-0.15, -0.1) is 0 Å². The second-order valence-electron chi connectivity index (χ2n) is 6.32. The molecular weight excluding hydrogens is 268 g/mol. The molecule has 1 aromatic carbocycles. The molecule has 0 radical (unpaired) electrons. The first-order valence-electron chi connectivity index (χ1n) is 7.17. The molecule has 4 heteroatoms. The summed E-state index contributed by atoms with van der Waals surface area (Å²) in [5.41, 5.74) is 1.55. The summed E-state index contributed by atoms with van der Waals surface area (Å²) in [5, 5.41) is 10.9. The van der Waals surface area contributed by atoms with Crippen LogP contribution in [0.2, 0.25) is 0 Å². The molecule has 0 saturated heterocycles. The minimum absolute atomic E-state index is 0.651. The zero-order valence-electron chi connectivity index (χ0n) is 12.8. The van der Waals surface area contributed by atoms with Gasteiger partial charge in [0.25, 0.3) is 0 Å². The Morgan fingerprint density at radius 2 is 2.00 bits per heavy atom. The van der Waals surface area contributed by atoms with Crippen LogP contribution >= 0.6 is 11.8 Å². The number of aryl methyl sites for hydroxylation is 1. The van der Waals surface area contributed by atoms with Gasteiger partial charge < -0.3 is 9.67 Å². The van der Waals surface area contributed by atoms with Gasteiger partial charge in [-0.05, 0) is 38.3 Å². The number of rotatable bonds is 6. The van der Waals surface area contributed by atoms with Crippen molar-refractivity contribution in [2.24, 2.45) is 5.92 Å². The highest BCUT2D eigenvalue weighted by Crippen LogP contribution is 2.27. The number of aliphatic hydroxyl groups is 1. The van der Waals surface area contributed by atoms with E-state index in [9.17, 15) is 5.11 Å². The van der Waals surface area contributed by atoms with Gasteiger partial charge in [0.05, 0.1) is 16.6 Å². The Balaban J connectivity index is 2.28. The van der Waals surface area contributed by atoms with Gasteiger partial charge in [-0.2, -0.15) is 0 Å². The van der Waals surface area contributed by atoms with E-state index in [4.69, 9.17) is 4.98 Å². The number of imidazole rings is 1. The molecule has 1 aromatic heterocycles. The zero-order chi connectivity index (χ0) is 14.8. The molecule has 0 aliphatic carbocycles. The van der Waals surface area contributed by atoms with E-state index in [1.54, 1.807) is 11.8 Å². The second kappa shape index (κ2) is 6.19. The lowest BCUT2D eigenvalue weighted by Crippen LogP contribution is -2.22. The number of para-hydroxylation sites is 2. The molecule has 0 saturated carbocycles. The quantitative estimate of drug-likeness (QED) is 0.819. The molecule has 0 spiro atoms. The molecule has 20 heavy (non-hydrogen) atoms. The monoisotopic (exact) mass is 292 g/mol. The zero-order valence-corrected chi connectivity index (χ0v) is 13.6. The lowest BCUT2D eigenvalue weighted by molar-refractivity contribution is 0.107. The van der Waals surface area contributed by atoms with Crippen LogP contribution in [0.25, 0.3) is 11.0 Å². The molecule has 110 valence electrons. The molecule has 0 fully saturated rings. The van der Waals surface area contributed by atoms with Gasteiger partial charge >= 0.3 is 0 Å². The number of fused-ring (bicyclic) bond motifs is 1. The minimum Gasteiger partial charge on any atom is -0.390 e. The fourth-order valence-electron chi connectivity index (χ4n) is 2.01. The third-order valence-corrected chi connectivity index (χ3v) is 4.52. The van der Waals surface area contributed by atoms with E-state index >= 15 is 0 Å². The predicted octanol–water partition coefficient (Wildman–Crippen LogP) is 3.95. The van der Waals surface area contributed by atoms with Gasteiger partial charge in [0.2, 0.25) is 0 Å². The van der Waals surface area contributed by atoms with Crippen molar-refractivity contribution in [3.05, 3.63) is 24.3 Å². The van der Waals surface area contributed by atoms with E-state index in [0.29, 0.717) is 11.7 Å². The van der Waals surface area contributed by atoms with E-state index in [1.807, 2.05) is 19.9 Å². The molecule has 0 unspecified atom stereocenters. The summed E-state index contributed by atoms with van der Waals surface area (Å²) in [6.07, 6.45) is 1.14. The highest BCUT2D eigenvalue weighted by Gasteiger charge is 2.17. The first kappa shape index (κ1) is 15.4. The lowest BCUT2D eigenvalue weighted by atomic mass is 10.1. The SMILES string of the molecule is CC(C)CCn1c(SCC(C)(C)O)nc2ccccc21. The highest BCUT2D eigenvalue weighted by atomic mass is 32.2. The Hall–Kier alpha value is -1.00. The van der Waals surface area contributed by atoms with Crippen LogP contribution in [0.15, 0.2) is 29.4 Å². The Labute approximate surface area is 125 Å². The van der Waals surface area contributed by atoms with E-state index in [2.05, 4.69) is 36.6 Å². The van der Waals surface area contributed by atoms with Gasteiger partial charge in [0.1, 0.15) is 0 Å². The smallest absolute Gasteiger partial charge is 0.169 e. The number of nitrogens with zero attached hydrogens (tertiary/aromatic N) is 2. The Kier molecular flexibility index (Phi) is 4.76. The molecule has 0 amide bonds. The maximum absolute atomic E-state index is 9.90. The molecule has 0 atom stereocenters. The maximum Gasteiger partial charge on any atom is 0.169 e. The Bertz CT molecular complexity index is 569. The largest absolute Gasteiger partial charge is 0.390 e. The first-order chi connectivity index (χ1) is 9.37. The van der Waals surface area contributed by atoms with Crippen molar-refractivity contribution in [1.82, 2.24) is 9.55 Å². The van der Waals surface area contributed by atoms with Gasteiger partial charge in [-0.1, -0.05) is 37.7 Å². The fourth-order valence-corrected chi connectivity index (χ4v) is 3.00. The van der Waals surface area contributed by atoms with Crippen molar-refractivity contribution in [2.45, 2.75) is 51.4 Å². The summed E-state index contributed by atoms with van der Waals surface area (Å²) in [7, 11) is 0. The van der Waals surface area contributed by atoms with Gasteiger partial charge in [0.15, 0.2) is 5.16 Å². The van der Waals surface area contributed by atoms with E-state index < -0.39 is 5.60 Å². The molecule has 1 N–H and O–H groups in total. The summed E-state index contributed by atoms with van der Waals surface area (Å²) in [6.45, 7) is 9.13.